The lowest BCUT2D eigenvalue weighted by molar-refractivity contribution is 0.198. The van der Waals surface area contributed by atoms with E-state index in [4.69, 9.17) is 14.2 Å². The third-order valence-corrected chi connectivity index (χ3v) is 2.49. The number of nitrogens with one attached hydrogen (secondary N) is 1. The molecule has 5 heteroatoms. The Hall–Kier alpha value is -1.77. The zero-order valence-corrected chi connectivity index (χ0v) is 10.9. The summed E-state index contributed by atoms with van der Waals surface area (Å²) in [5.74, 6) is 1.33. The fourth-order valence-electron chi connectivity index (χ4n) is 1.54. The van der Waals surface area contributed by atoms with Crippen LogP contribution in [0.25, 0.3) is 0 Å². The van der Waals surface area contributed by atoms with Crippen molar-refractivity contribution in [2.75, 3.05) is 34.5 Å². The molecular weight excluding hydrogens is 232 g/mol. The van der Waals surface area contributed by atoms with E-state index in [0.717, 1.165) is 5.56 Å². The standard InChI is InChI=1S/C13H18N2O3/c1-16-5-4-15-13(9-14)10-6-11(17-2)8-12(7-10)18-3/h6-8,13,15H,4-5H2,1-3H3. The summed E-state index contributed by atoms with van der Waals surface area (Å²) in [6.07, 6.45) is 0. The summed E-state index contributed by atoms with van der Waals surface area (Å²) in [7, 11) is 4.79. The van der Waals surface area contributed by atoms with Gasteiger partial charge in [0.05, 0.1) is 26.9 Å². The molecule has 98 valence electrons. The van der Waals surface area contributed by atoms with Crippen LogP contribution in [0.5, 0.6) is 11.5 Å². The SMILES string of the molecule is COCCNC(C#N)c1cc(OC)cc(OC)c1. The van der Waals surface area contributed by atoms with E-state index >= 15 is 0 Å². The maximum Gasteiger partial charge on any atom is 0.122 e. The molecule has 1 aromatic rings. The maximum absolute atomic E-state index is 9.17. The predicted octanol–water partition coefficient (Wildman–Crippen LogP) is 1.50. The Kier molecular flexibility index (Phi) is 5.98. The lowest BCUT2D eigenvalue weighted by Crippen LogP contribution is -2.24. The van der Waals surface area contributed by atoms with Gasteiger partial charge < -0.3 is 14.2 Å². The van der Waals surface area contributed by atoms with E-state index in [1.54, 1.807) is 27.4 Å². The number of benzene rings is 1. The van der Waals surface area contributed by atoms with Crippen LogP contribution in [0.1, 0.15) is 11.6 Å². The molecule has 0 aromatic heterocycles. The highest BCUT2D eigenvalue weighted by molar-refractivity contribution is 5.41. The summed E-state index contributed by atoms with van der Waals surface area (Å²) in [6, 6.07) is 7.19. The number of methoxy groups -OCH3 is 3. The van der Waals surface area contributed by atoms with Crippen LogP contribution in [-0.4, -0.2) is 34.5 Å². The number of nitriles is 1. The summed E-state index contributed by atoms with van der Waals surface area (Å²) < 4.78 is 15.3. The number of rotatable bonds is 7. The Morgan fingerprint density at radius 3 is 2.22 bits per heavy atom. The molecule has 0 fully saturated rings. The van der Waals surface area contributed by atoms with Crippen LogP contribution in [0, 0.1) is 11.3 Å². The van der Waals surface area contributed by atoms with Gasteiger partial charge in [0.25, 0.3) is 0 Å². The average molecular weight is 250 g/mol. The van der Waals surface area contributed by atoms with Crippen LogP contribution >= 0.6 is 0 Å². The van der Waals surface area contributed by atoms with E-state index < -0.39 is 6.04 Å². The van der Waals surface area contributed by atoms with Gasteiger partial charge >= 0.3 is 0 Å². The Morgan fingerprint density at radius 2 is 1.78 bits per heavy atom. The van der Waals surface area contributed by atoms with Crippen molar-refractivity contribution in [1.29, 1.82) is 5.26 Å². The van der Waals surface area contributed by atoms with Gasteiger partial charge in [-0.25, -0.2) is 0 Å². The lowest BCUT2D eigenvalue weighted by Gasteiger charge is -2.14. The predicted molar refractivity (Wildman–Crippen MR) is 67.8 cm³/mol. The molecule has 0 heterocycles. The highest BCUT2D eigenvalue weighted by Crippen LogP contribution is 2.26. The molecule has 1 unspecified atom stereocenters. The van der Waals surface area contributed by atoms with Crippen molar-refractivity contribution in [3.8, 4) is 17.6 Å². The Morgan fingerprint density at radius 1 is 1.17 bits per heavy atom. The largest absolute Gasteiger partial charge is 0.497 e. The van der Waals surface area contributed by atoms with Gasteiger partial charge in [0.1, 0.15) is 17.5 Å². The van der Waals surface area contributed by atoms with Gasteiger partial charge in [0.2, 0.25) is 0 Å². The summed E-state index contributed by atoms with van der Waals surface area (Å²) in [5, 5.41) is 12.3. The first kappa shape index (κ1) is 14.3. The smallest absolute Gasteiger partial charge is 0.122 e. The third kappa shape index (κ3) is 3.91. The van der Waals surface area contributed by atoms with E-state index in [1.807, 2.05) is 12.1 Å². The van der Waals surface area contributed by atoms with Crippen LogP contribution in [0.4, 0.5) is 0 Å². The fraction of sp³-hybridized carbons (Fsp3) is 0.462. The lowest BCUT2D eigenvalue weighted by atomic mass is 10.1. The first-order chi connectivity index (χ1) is 8.74. The topological polar surface area (TPSA) is 63.5 Å². The van der Waals surface area contributed by atoms with E-state index in [1.165, 1.54) is 0 Å². The molecule has 1 aromatic carbocycles. The van der Waals surface area contributed by atoms with Gasteiger partial charge in [0.15, 0.2) is 0 Å². The fourth-order valence-corrected chi connectivity index (χ4v) is 1.54. The second kappa shape index (κ2) is 7.54. The van der Waals surface area contributed by atoms with Crippen molar-refractivity contribution in [1.82, 2.24) is 5.32 Å². The first-order valence-electron chi connectivity index (χ1n) is 5.60. The van der Waals surface area contributed by atoms with Crippen LogP contribution in [0.15, 0.2) is 18.2 Å². The molecule has 5 nitrogen and oxygen atoms in total. The summed E-state index contributed by atoms with van der Waals surface area (Å²) in [6.45, 7) is 1.16. The van der Waals surface area contributed by atoms with Gasteiger partial charge in [-0.15, -0.1) is 0 Å². The average Bonchev–Trinajstić information content (AvgIpc) is 2.43. The van der Waals surface area contributed by atoms with E-state index in [9.17, 15) is 5.26 Å². The van der Waals surface area contributed by atoms with Crippen molar-refractivity contribution in [3.63, 3.8) is 0 Å². The first-order valence-corrected chi connectivity index (χ1v) is 5.60. The molecule has 0 aliphatic heterocycles. The molecule has 0 aliphatic rings. The minimum absolute atomic E-state index is 0.413. The molecule has 0 radical (unpaired) electrons. The summed E-state index contributed by atoms with van der Waals surface area (Å²) in [4.78, 5) is 0. The van der Waals surface area contributed by atoms with Gasteiger partial charge in [-0.05, 0) is 17.7 Å². The van der Waals surface area contributed by atoms with Crippen LogP contribution in [-0.2, 0) is 4.74 Å². The van der Waals surface area contributed by atoms with Crippen molar-refractivity contribution in [2.24, 2.45) is 0 Å². The molecule has 1 N–H and O–H groups in total. The molecule has 0 aliphatic carbocycles. The van der Waals surface area contributed by atoms with Crippen molar-refractivity contribution in [3.05, 3.63) is 23.8 Å². The van der Waals surface area contributed by atoms with Crippen molar-refractivity contribution in [2.45, 2.75) is 6.04 Å². The van der Waals surface area contributed by atoms with Crippen molar-refractivity contribution < 1.29 is 14.2 Å². The second-order valence-corrected chi connectivity index (χ2v) is 3.66. The minimum Gasteiger partial charge on any atom is -0.497 e. The maximum atomic E-state index is 9.17. The second-order valence-electron chi connectivity index (χ2n) is 3.66. The molecule has 1 rings (SSSR count). The summed E-state index contributed by atoms with van der Waals surface area (Å²) >= 11 is 0. The van der Waals surface area contributed by atoms with Gasteiger partial charge in [-0.2, -0.15) is 5.26 Å². The van der Waals surface area contributed by atoms with E-state index in [-0.39, 0.29) is 0 Å². The molecule has 0 amide bonds. The van der Waals surface area contributed by atoms with Crippen molar-refractivity contribution >= 4 is 0 Å². The zero-order chi connectivity index (χ0) is 13.4. The number of hydrogen-bond acceptors (Lipinski definition) is 5. The Balaban J connectivity index is 2.87. The van der Waals surface area contributed by atoms with Gasteiger partial charge in [-0.1, -0.05) is 0 Å². The zero-order valence-electron chi connectivity index (χ0n) is 10.9. The quantitative estimate of drug-likeness (QED) is 0.743. The van der Waals surface area contributed by atoms with Gasteiger partial charge in [-0.3, -0.25) is 5.32 Å². The summed E-state index contributed by atoms with van der Waals surface area (Å²) in [5.41, 5.74) is 0.810. The van der Waals surface area contributed by atoms with Crippen LogP contribution in [0.3, 0.4) is 0 Å². The molecule has 0 bridgehead atoms. The van der Waals surface area contributed by atoms with Gasteiger partial charge in [0, 0.05) is 19.7 Å². The molecular formula is C13H18N2O3. The monoisotopic (exact) mass is 250 g/mol. The molecule has 0 saturated heterocycles. The third-order valence-electron chi connectivity index (χ3n) is 2.49. The number of nitrogens with zero attached hydrogens (tertiary/aromatic N) is 1. The highest BCUT2D eigenvalue weighted by Gasteiger charge is 2.12. The Labute approximate surface area is 107 Å². The van der Waals surface area contributed by atoms with E-state index in [0.29, 0.717) is 24.7 Å². The molecule has 18 heavy (non-hydrogen) atoms. The molecule has 1 atom stereocenters. The molecule has 0 spiro atoms. The number of ether oxygens (including phenoxy) is 3. The Bertz CT molecular complexity index is 393. The van der Waals surface area contributed by atoms with Crippen LogP contribution < -0.4 is 14.8 Å². The molecule has 0 saturated carbocycles. The van der Waals surface area contributed by atoms with E-state index in [2.05, 4.69) is 11.4 Å². The highest BCUT2D eigenvalue weighted by atomic mass is 16.5. The normalized spacial score (nSPS) is 11.7. The minimum atomic E-state index is -0.413. The van der Waals surface area contributed by atoms with Crippen LogP contribution in [0.2, 0.25) is 0 Å². The number of hydrogen-bond donors (Lipinski definition) is 1.